The fourth-order valence-corrected chi connectivity index (χ4v) is 4.21. The van der Waals surface area contributed by atoms with Crippen molar-refractivity contribution in [3.63, 3.8) is 0 Å². The first-order valence-corrected chi connectivity index (χ1v) is 10.7. The standard InChI is InChI=1S/C24H24N6O3/c1-14-7-4-5-9-18(14)30-19-10-6-8-16(19)21(29-30)23(31)26-24-25-22(27-28-24)17-12-11-15(32-2)13-20(17)33-3/h4-5,7,9,11-13H,6,8,10H2,1-3H3,(H2,25,26,27,28,31). The fourth-order valence-electron chi connectivity index (χ4n) is 4.21. The zero-order valence-electron chi connectivity index (χ0n) is 18.7. The van der Waals surface area contributed by atoms with Crippen molar-refractivity contribution < 1.29 is 14.3 Å². The first-order chi connectivity index (χ1) is 16.1. The molecule has 0 atom stereocenters. The van der Waals surface area contributed by atoms with Gasteiger partial charge in [-0.1, -0.05) is 18.2 Å². The molecule has 0 bridgehead atoms. The molecule has 2 heterocycles. The number of H-pyrrole nitrogens is 1. The van der Waals surface area contributed by atoms with E-state index >= 15 is 0 Å². The van der Waals surface area contributed by atoms with E-state index in [0.717, 1.165) is 41.8 Å². The molecule has 0 saturated carbocycles. The van der Waals surface area contributed by atoms with Gasteiger partial charge < -0.3 is 9.47 Å². The fraction of sp³-hybridized carbons (Fsp3) is 0.250. The van der Waals surface area contributed by atoms with Crippen LogP contribution >= 0.6 is 0 Å². The summed E-state index contributed by atoms with van der Waals surface area (Å²) in [6.07, 6.45) is 2.72. The lowest BCUT2D eigenvalue weighted by molar-refractivity contribution is 0.102. The van der Waals surface area contributed by atoms with Crippen LogP contribution in [0.25, 0.3) is 17.1 Å². The number of benzene rings is 2. The Balaban J connectivity index is 1.43. The summed E-state index contributed by atoms with van der Waals surface area (Å²) in [4.78, 5) is 17.6. The number of carbonyl (C=O) groups is 1. The van der Waals surface area contributed by atoms with E-state index in [1.165, 1.54) is 0 Å². The minimum Gasteiger partial charge on any atom is -0.497 e. The number of aryl methyl sites for hydroxylation is 1. The Labute approximate surface area is 190 Å². The molecule has 1 aliphatic rings. The third-order valence-electron chi connectivity index (χ3n) is 5.86. The summed E-state index contributed by atoms with van der Waals surface area (Å²) < 4.78 is 12.6. The summed E-state index contributed by atoms with van der Waals surface area (Å²) in [6, 6.07) is 13.4. The number of aromatic nitrogens is 5. The molecular formula is C24H24N6O3. The SMILES string of the molecule is COc1ccc(-c2nc(NC(=O)c3nn(-c4ccccc4C)c4c3CCC4)n[nH]2)c(OC)c1. The van der Waals surface area contributed by atoms with Crippen molar-refractivity contribution in [2.24, 2.45) is 0 Å². The van der Waals surface area contributed by atoms with E-state index in [0.29, 0.717) is 28.6 Å². The Hall–Kier alpha value is -4.14. The monoisotopic (exact) mass is 444 g/mol. The van der Waals surface area contributed by atoms with Gasteiger partial charge in [-0.3, -0.25) is 15.2 Å². The highest BCUT2D eigenvalue weighted by Crippen LogP contribution is 2.32. The first kappa shape index (κ1) is 20.7. The molecule has 0 unspecified atom stereocenters. The highest BCUT2D eigenvalue weighted by Gasteiger charge is 2.28. The van der Waals surface area contributed by atoms with Crippen LogP contribution in [0.3, 0.4) is 0 Å². The lowest BCUT2D eigenvalue weighted by atomic mass is 10.2. The molecule has 0 radical (unpaired) electrons. The topological polar surface area (TPSA) is 107 Å². The molecule has 5 rings (SSSR count). The maximum Gasteiger partial charge on any atom is 0.278 e. The van der Waals surface area contributed by atoms with Crippen molar-refractivity contribution in [3.05, 3.63) is 65.0 Å². The molecular weight excluding hydrogens is 420 g/mol. The number of ether oxygens (including phenoxy) is 2. The second-order valence-corrected chi connectivity index (χ2v) is 7.85. The van der Waals surface area contributed by atoms with Gasteiger partial charge in [0.05, 0.1) is 25.5 Å². The van der Waals surface area contributed by atoms with Crippen LogP contribution in [0.5, 0.6) is 11.5 Å². The average Bonchev–Trinajstić information content (AvgIpc) is 3.56. The molecule has 2 aromatic carbocycles. The number of carbonyl (C=O) groups excluding carboxylic acids is 1. The first-order valence-electron chi connectivity index (χ1n) is 10.7. The van der Waals surface area contributed by atoms with E-state index < -0.39 is 0 Å². The largest absolute Gasteiger partial charge is 0.497 e. The number of nitrogens with one attached hydrogen (secondary N) is 2. The Morgan fingerprint density at radius 2 is 1.97 bits per heavy atom. The lowest BCUT2D eigenvalue weighted by Crippen LogP contribution is -2.16. The van der Waals surface area contributed by atoms with Gasteiger partial charge in [0.25, 0.3) is 5.91 Å². The van der Waals surface area contributed by atoms with Crippen LogP contribution in [0.4, 0.5) is 5.95 Å². The molecule has 2 N–H and O–H groups in total. The molecule has 1 amide bonds. The van der Waals surface area contributed by atoms with Gasteiger partial charge in [-0.2, -0.15) is 10.1 Å². The zero-order valence-corrected chi connectivity index (χ0v) is 18.7. The number of para-hydroxylation sites is 1. The maximum atomic E-state index is 13.1. The second-order valence-electron chi connectivity index (χ2n) is 7.85. The minimum absolute atomic E-state index is 0.171. The Kier molecular flexibility index (Phi) is 5.29. The van der Waals surface area contributed by atoms with Crippen LogP contribution in [0.2, 0.25) is 0 Å². The van der Waals surface area contributed by atoms with Crippen molar-refractivity contribution in [1.82, 2.24) is 25.0 Å². The summed E-state index contributed by atoms with van der Waals surface area (Å²) in [6.45, 7) is 2.04. The molecule has 168 valence electrons. The van der Waals surface area contributed by atoms with Crippen LogP contribution < -0.4 is 14.8 Å². The van der Waals surface area contributed by atoms with E-state index in [9.17, 15) is 4.79 Å². The molecule has 33 heavy (non-hydrogen) atoms. The van der Waals surface area contributed by atoms with Crippen molar-refractivity contribution in [2.75, 3.05) is 19.5 Å². The summed E-state index contributed by atoms with van der Waals surface area (Å²) in [7, 11) is 3.16. The van der Waals surface area contributed by atoms with Crippen molar-refractivity contribution in [2.45, 2.75) is 26.2 Å². The number of rotatable bonds is 6. The number of hydrogen-bond acceptors (Lipinski definition) is 6. The van der Waals surface area contributed by atoms with Crippen LogP contribution in [-0.4, -0.2) is 45.1 Å². The Morgan fingerprint density at radius 1 is 1.12 bits per heavy atom. The molecule has 1 aliphatic carbocycles. The molecule has 0 fully saturated rings. The van der Waals surface area contributed by atoms with Crippen molar-refractivity contribution in [3.8, 4) is 28.6 Å². The molecule has 2 aromatic heterocycles. The molecule has 9 nitrogen and oxygen atoms in total. The van der Waals surface area contributed by atoms with E-state index in [4.69, 9.17) is 9.47 Å². The highest BCUT2D eigenvalue weighted by atomic mass is 16.5. The highest BCUT2D eigenvalue weighted by molar-refractivity contribution is 6.03. The predicted octanol–water partition coefficient (Wildman–Crippen LogP) is 3.72. The van der Waals surface area contributed by atoms with E-state index in [1.54, 1.807) is 26.4 Å². The van der Waals surface area contributed by atoms with E-state index in [-0.39, 0.29) is 11.9 Å². The smallest absolute Gasteiger partial charge is 0.278 e. The Bertz CT molecular complexity index is 1340. The molecule has 4 aromatic rings. The lowest BCUT2D eigenvalue weighted by Gasteiger charge is -2.08. The number of fused-ring (bicyclic) bond motifs is 1. The van der Waals surface area contributed by atoms with Gasteiger partial charge >= 0.3 is 0 Å². The van der Waals surface area contributed by atoms with Crippen LogP contribution in [0.1, 0.15) is 33.7 Å². The van der Waals surface area contributed by atoms with Gasteiger partial charge in [0.15, 0.2) is 11.5 Å². The maximum absolute atomic E-state index is 13.1. The van der Waals surface area contributed by atoms with E-state index in [2.05, 4.69) is 25.6 Å². The molecule has 0 aliphatic heterocycles. The number of aromatic amines is 1. The molecule has 0 saturated heterocycles. The summed E-state index contributed by atoms with van der Waals surface area (Å²) in [5.74, 6) is 1.57. The van der Waals surface area contributed by atoms with Gasteiger partial charge in [0.1, 0.15) is 11.5 Å². The number of amides is 1. The van der Waals surface area contributed by atoms with Crippen molar-refractivity contribution in [1.29, 1.82) is 0 Å². The third kappa shape index (κ3) is 3.71. The number of nitrogens with zero attached hydrogens (tertiary/aromatic N) is 4. The van der Waals surface area contributed by atoms with Crippen molar-refractivity contribution >= 4 is 11.9 Å². The summed E-state index contributed by atoms with van der Waals surface area (Å²) in [5.41, 5.74) is 5.29. The van der Waals surface area contributed by atoms with Gasteiger partial charge in [0.2, 0.25) is 5.95 Å². The zero-order chi connectivity index (χ0) is 22.9. The van der Waals surface area contributed by atoms with Gasteiger partial charge in [-0.25, -0.2) is 4.68 Å². The minimum atomic E-state index is -0.326. The number of methoxy groups -OCH3 is 2. The number of hydrogen-bond donors (Lipinski definition) is 2. The predicted molar refractivity (Wildman–Crippen MR) is 123 cm³/mol. The van der Waals surface area contributed by atoms with Crippen LogP contribution in [0.15, 0.2) is 42.5 Å². The van der Waals surface area contributed by atoms with Gasteiger partial charge in [0, 0.05) is 17.3 Å². The van der Waals surface area contributed by atoms with Gasteiger partial charge in [-0.15, -0.1) is 5.10 Å². The third-order valence-corrected chi connectivity index (χ3v) is 5.86. The quantitative estimate of drug-likeness (QED) is 0.469. The normalized spacial score (nSPS) is 12.5. The summed E-state index contributed by atoms with van der Waals surface area (Å²) in [5, 5.41) is 14.5. The van der Waals surface area contributed by atoms with Crippen LogP contribution in [0, 0.1) is 6.92 Å². The Morgan fingerprint density at radius 3 is 2.76 bits per heavy atom. The molecule has 9 heteroatoms. The van der Waals surface area contributed by atoms with E-state index in [1.807, 2.05) is 41.9 Å². The van der Waals surface area contributed by atoms with Crippen LogP contribution in [-0.2, 0) is 12.8 Å². The molecule has 0 spiro atoms. The number of anilines is 1. The van der Waals surface area contributed by atoms with Gasteiger partial charge in [-0.05, 0) is 49.9 Å². The average molecular weight is 444 g/mol. The summed E-state index contributed by atoms with van der Waals surface area (Å²) >= 11 is 0. The second kappa shape index (κ2) is 8.42.